The molecule has 0 fully saturated rings. The van der Waals surface area contributed by atoms with E-state index in [-0.39, 0.29) is 0 Å². The fraction of sp³-hybridized carbons (Fsp3) is 0.250. The molecule has 1 aromatic carbocycles. The van der Waals surface area contributed by atoms with E-state index in [0.29, 0.717) is 17.4 Å². The number of hydrogen-bond acceptors (Lipinski definition) is 6. The fourth-order valence-corrected chi connectivity index (χ4v) is 2.85. The SMILES string of the molecule is COc1ccc(OC)c(Cc2cc3c(N)nc(SC)nc3[nH]2)c1. The molecule has 0 amide bonds. The smallest absolute Gasteiger partial charge is 0.191 e. The number of ether oxygens (including phenoxy) is 2. The molecule has 0 aliphatic carbocycles. The van der Waals surface area contributed by atoms with Crippen LogP contribution in [0.4, 0.5) is 5.82 Å². The van der Waals surface area contributed by atoms with E-state index in [1.807, 2.05) is 30.5 Å². The van der Waals surface area contributed by atoms with Crippen molar-refractivity contribution in [2.45, 2.75) is 11.6 Å². The van der Waals surface area contributed by atoms with Crippen LogP contribution in [-0.2, 0) is 6.42 Å². The molecule has 0 saturated heterocycles. The molecular weight excluding hydrogens is 312 g/mol. The average molecular weight is 330 g/mol. The third-order valence-electron chi connectivity index (χ3n) is 3.60. The van der Waals surface area contributed by atoms with Crippen LogP contribution in [0.3, 0.4) is 0 Å². The van der Waals surface area contributed by atoms with Crippen LogP contribution in [0.1, 0.15) is 11.3 Å². The molecule has 2 aromatic heterocycles. The second kappa shape index (κ2) is 6.37. The number of aromatic nitrogens is 3. The maximum absolute atomic E-state index is 6.01. The topological polar surface area (TPSA) is 86.1 Å². The van der Waals surface area contributed by atoms with Crippen LogP contribution in [-0.4, -0.2) is 35.4 Å². The summed E-state index contributed by atoms with van der Waals surface area (Å²) in [7, 11) is 3.31. The minimum absolute atomic E-state index is 0.486. The number of nitrogen functional groups attached to an aromatic ring is 1. The number of rotatable bonds is 5. The second-order valence-corrected chi connectivity index (χ2v) is 5.78. The van der Waals surface area contributed by atoms with Crippen LogP contribution in [0.2, 0.25) is 0 Å². The summed E-state index contributed by atoms with van der Waals surface area (Å²) in [6.45, 7) is 0. The first kappa shape index (κ1) is 15.5. The molecule has 0 aliphatic heterocycles. The molecule has 3 N–H and O–H groups in total. The van der Waals surface area contributed by atoms with Gasteiger partial charge < -0.3 is 20.2 Å². The Kier molecular flexibility index (Phi) is 4.29. The summed E-state index contributed by atoms with van der Waals surface area (Å²) >= 11 is 1.46. The number of nitrogens with zero attached hydrogens (tertiary/aromatic N) is 2. The predicted octanol–water partition coefficient (Wildman–Crippen LogP) is 2.87. The average Bonchev–Trinajstić information content (AvgIpc) is 2.97. The maximum Gasteiger partial charge on any atom is 0.191 e. The number of methoxy groups -OCH3 is 2. The number of nitrogens with two attached hydrogens (primary N) is 1. The fourth-order valence-electron chi connectivity index (χ4n) is 2.48. The summed E-state index contributed by atoms with van der Waals surface area (Å²) in [6.07, 6.45) is 2.58. The van der Waals surface area contributed by atoms with Gasteiger partial charge in [-0.15, -0.1) is 0 Å². The first-order chi connectivity index (χ1) is 11.1. The van der Waals surface area contributed by atoms with Gasteiger partial charge in [0.05, 0.1) is 19.6 Å². The number of benzene rings is 1. The largest absolute Gasteiger partial charge is 0.497 e. The normalized spacial score (nSPS) is 10.9. The van der Waals surface area contributed by atoms with Gasteiger partial charge in [0.2, 0.25) is 0 Å². The van der Waals surface area contributed by atoms with Gasteiger partial charge in [0.1, 0.15) is 23.0 Å². The zero-order valence-electron chi connectivity index (χ0n) is 13.2. The number of hydrogen-bond donors (Lipinski definition) is 2. The highest BCUT2D eigenvalue weighted by molar-refractivity contribution is 7.98. The van der Waals surface area contributed by atoms with E-state index in [9.17, 15) is 0 Å². The van der Waals surface area contributed by atoms with Gasteiger partial charge >= 0.3 is 0 Å². The quantitative estimate of drug-likeness (QED) is 0.552. The van der Waals surface area contributed by atoms with Gasteiger partial charge in [0, 0.05) is 17.7 Å². The summed E-state index contributed by atoms with van der Waals surface area (Å²) in [5.74, 6) is 2.09. The lowest BCUT2D eigenvalue weighted by Gasteiger charge is -2.09. The zero-order chi connectivity index (χ0) is 16.4. The first-order valence-corrected chi connectivity index (χ1v) is 8.27. The minimum Gasteiger partial charge on any atom is -0.497 e. The number of H-pyrrole nitrogens is 1. The van der Waals surface area contributed by atoms with E-state index >= 15 is 0 Å². The summed E-state index contributed by atoms with van der Waals surface area (Å²) in [5.41, 5.74) is 8.78. The molecule has 0 unspecified atom stereocenters. The number of fused-ring (bicyclic) bond motifs is 1. The molecule has 120 valence electrons. The van der Waals surface area contributed by atoms with E-state index in [0.717, 1.165) is 33.8 Å². The highest BCUT2D eigenvalue weighted by atomic mass is 32.2. The zero-order valence-corrected chi connectivity index (χ0v) is 14.0. The van der Waals surface area contributed by atoms with Gasteiger partial charge in [-0.2, -0.15) is 0 Å². The van der Waals surface area contributed by atoms with Gasteiger partial charge in [-0.3, -0.25) is 0 Å². The number of nitrogens with one attached hydrogen (secondary N) is 1. The Bertz CT molecular complexity index is 847. The summed E-state index contributed by atoms with van der Waals surface area (Å²) in [6, 6.07) is 7.72. The lowest BCUT2D eigenvalue weighted by atomic mass is 10.1. The van der Waals surface area contributed by atoms with Crippen molar-refractivity contribution in [3.8, 4) is 11.5 Å². The van der Waals surface area contributed by atoms with Crippen molar-refractivity contribution >= 4 is 28.6 Å². The van der Waals surface area contributed by atoms with Gasteiger partial charge in [-0.05, 0) is 30.5 Å². The minimum atomic E-state index is 0.486. The molecule has 7 heteroatoms. The van der Waals surface area contributed by atoms with Gasteiger partial charge in [0.15, 0.2) is 5.16 Å². The lowest BCUT2D eigenvalue weighted by molar-refractivity contribution is 0.399. The van der Waals surface area contributed by atoms with Crippen LogP contribution in [0, 0.1) is 0 Å². The third kappa shape index (κ3) is 3.05. The highest BCUT2D eigenvalue weighted by Gasteiger charge is 2.12. The molecule has 0 atom stereocenters. The molecule has 0 aliphatic rings. The third-order valence-corrected chi connectivity index (χ3v) is 4.15. The molecule has 0 spiro atoms. The van der Waals surface area contributed by atoms with E-state index in [4.69, 9.17) is 15.2 Å². The second-order valence-electron chi connectivity index (χ2n) is 5.01. The van der Waals surface area contributed by atoms with Crippen molar-refractivity contribution in [2.24, 2.45) is 0 Å². The number of thioether (sulfide) groups is 1. The Morgan fingerprint density at radius 3 is 2.70 bits per heavy atom. The maximum atomic E-state index is 6.01. The summed E-state index contributed by atoms with van der Waals surface area (Å²) in [4.78, 5) is 12.0. The lowest BCUT2D eigenvalue weighted by Crippen LogP contribution is -1.95. The molecule has 6 nitrogen and oxygen atoms in total. The van der Waals surface area contributed by atoms with Crippen molar-refractivity contribution in [2.75, 3.05) is 26.2 Å². The van der Waals surface area contributed by atoms with Gasteiger partial charge in [-0.25, -0.2) is 9.97 Å². The number of aromatic amines is 1. The van der Waals surface area contributed by atoms with Crippen LogP contribution < -0.4 is 15.2 Å². The van der Waals surface area contributed by atoms with Crippen molar-refractivity contribution in [1.29, 1.82) is 0 Å². The van der Waals surface area contributed by atoms with Crippen molar-refractivity contribution < 1.29 is 9.47 Å². The molecular formula is C16H18N4O2S. The Morgan fingerprint density at radius 2 is 2.00 bits per heavy atom. The van der Waals surface area contributed by atoms with E-state index < -0.39 is 0 Å². The monoisotopic (exact) mass is 330 g/mol. The Labute approximate surface area is 138 Å². The Morgan fingerprint density at radius 1 is 1.17 bits per heavy atom. The molecule has 3 rings (SSSR count). The molecule has 0 bridgehead atoms. The predicted molar refractivity (Wildman–Crippen MR) is 92.4 cm³/mol. The van der Waals surface area contributed by atoms with E-state index in [1.165, 1.54) is 11.8 Å². The van der Waals surface area contributed by atoms with Crippen molar-refractivity contribution in [3.63, 3.8) is 0 Å². The van der Waals surface area contributed by atoms with Gasteiger partial charge in [-0.1, -0.05) is 11.8 Å². The molecule has 2 heterocycles. The molecule has 23 heavy (non-hydrogen) atoms. The van der Waals surface area contributed by atoms with Crippen molar-refractivity contribution in [1.82, 2.24) is 15.0 Å². The Hall–Kier alpha value is -2.41. The summed E-state index contributed by atoms with van der Waals surface area (Å²) < 4.78 is 10.7. The van der Waals surface area contributed by atoms with Crippen LogP contribution in [0.25, 0.3) is 11.0 Å². The van der Waals surface area contributed by atoms with Crippen LogP contribution >= 0.6 is 11.8 Å². The van der Waals surface area contributed by atoms with Crippen molar-refractivity contribution in [3.05, 3.63) is 35.5 Å². The van der Waals surface area contributed by atoms with Crippen LogP contribution in [0.15, 0.2) is 29.4 Å². The number of anilines is 1. The highest BCUT2D eigenvalue weighted by Crippen LogP contribution is 2.28. The first-order valence-electron chi connectivity index (χ1n) is 7.04. The van der Waals surface area contributed by atoms with Gasteiger partial charge in [0.25, 0.3) is 0 Å². The van der Waals surface area contributed by atoms with E-state index in [2.05, 4.69) is 15.0 Å². The molecule has 3 aromatic rings. The van der Waals surface area contributed by atoms with E-state index in [1.54, 1.807) is 14.2 Å². The molecule has 0 saturated carbocycles. The van der Waals surface area contributed by atoms with Crippen LogP contribution in [0.5, 0.6) is 11.5 Å². The molecule has 0 radical (unpaired) electrons. The standard InChI is InChI=1S/C16H18N4O2S/c1-21-11-4-5-13(22-2)9(7-11)6-10-8-12-14(17)19-16(23-3)20-15(12)18-10/h4-5,7-8H,6H2,1-3H3,(H3,17,18,19,20). The summed E-state index contributed by atoms with van der Waals surface area (Å²) in [5, 5.41) is 1.49. The Balaban J connectivity index is 2.00.